The summed E-state index contributed by atoms with van der Waals surface area (Å²) in [5.74, 6) is 0.513. The second-order valence-corrected chi connectivity index (χ2v) is 5.93. The Hall–Kier alpha value is -1.34. The molecule has 0 saturated heterocycles. The summed E-state index contributed by atoms with van der Waals surface area (Å²) in [5, 5.41) is 5.27. The lowest BCUT2D eigenvalue weighted by atomic mass is 10.2. The predicted molar refractivity (Wildman–Crippen MR) is 86.4 cm³/mol. The fourth-order valence-electron chi connectivity index (χ4n) is 1.61. The Morgan fingerprint density at radius 3 is 2.70 bits per heavy atom. The molecule has 0 heterocycles. The average molecular weight is 313 g/mol. The van der Waals surface area contributed by atoms with Crippen LogP contribution in [0.3, 0.4) is 0 Å². The molecule has 5 nitrogen and oxygen atoms in total. The van der Waals surface area contributed by atoms with Crippen LogP contribution in [-0.4, -0.2) is 36.2 Å². The molecule has 20 heavy (non-hydrogen) atoms. The first-order valence-electron chi connectivity index (χ1n) is 6.06. The summed E-state index contributed by atoms with van der Waals surface area (Å²) in [7, 11) is 0. The zero-order chi connectivity index (χ0) is 15.0. The largest absolute Gasteiger partial charge is 0.352 e. The van der Waals surface area contributed by atoms with Gasteiger partial charge in [0, 0.05) is 10.6 Å². The number of thioether (sulfide) groups is 2. The standard InChI is InChI=1S/C13H19N3O2S2/c1-19-7-6-11(16-13(14)18)12(17)15-9-4-3-5-10(8-9)20-2/h3-5,8,11H,6-7H2,1-2H3,(H,15,17)(H3,14,16,18)/t11-/m0/s1. The van der Waals surface area contributed by atoms with Gasteiger partial charge in [-0.3, -0.25) is 4.79 Å². The van der Waals surface area contributed by atoms with Crippen molar-refractivity contribution in [1.82, 2.24) is 5.32 Å². The van der Waals surface area contributed by atoms with Crippen LogP contribution in [0.4, 0.5) is 10.5 Å². The van der Waals surface area contributed by atoms with Crippen LogP contribution in [0.5, 0.6) is 0 Å². The SMILES string of the molecule is CSCC[C@H](NC(N)=O)C(=O)Nc1cccc(SC)c1. The third-order valence-corrected chi connectivity index (χ3v) is 3.95. The van der Waals surface area contributed by atoms with E-state index >= 15 is 0 Å². The highest BCUT2D eigenvalue weighted by molar-refractivity contribution is 7.98. The molecule has 0 unspecified atom stereocenters. The Bertz CT molecular complexity index is 469. The molecule has 0 spiro atoms. The molecule has 0 saturated carbocycles. The predicted octanol–water partition coefficient (Wildman–Crippen LogP) is 2.14. The molecule has 1 aromatic carbocycles. The van der Waals surface area contributed by atoms with E-state index in [1.54, 1.807) is 23.5 Å². The fraction of sp³-hybridized carbons (Fsp3) is 0.385. The van der Waals surface area contributed by atoms with Gasteiger partial charge in [0.1, 0.15) is 6.04 Å². The molecule has 0 bridgehead atoms. The van der Waals surface area contributed by atoms with E-state index in [0.717, 1.165) is 10.6 Å². The minimum Gasteiger partial charge on any atom is -0.352 e. The number of primary amides is 1. The lowest BCUT2D eigenvalue weighted by Crippen LogP contribution is -2.46. The molecule has 0 fully saturated rings. The molecular weight excluding hydrogens is 294 g/mol. The lowest BCUT2D eigenvalue weighted by Gasteiger charge is -2.17. The van der Waals surface area contributed by atoms with Crippen molar-refractivity contribution in [1.29, 1.82) is 0 Å². The highest BCUT2D eigenvalue weighted by atomic mass is 32.2. The summed E-state index contributed by atoms with van der Waals surface area (Å²) >= 11 is 3.21. The summed E-state index contributed by atoms with van der Waals surface area (Å²) in [6.45, 7) is 0. The van der Waals surface area contributed by atoms with Crippen LogP contribution in [0, 0.1) is 0 Å². The minimum absolute atomic E-state index is 0.254. The van der Waals surface area contributed by atoms with Gasteiger partial charge in [-0.1, -0.05) is 6.07 Å². The summed E-state index contributed by atoms with van der Waals surface area (Å²) in [6, 6.07) is 6.24. The minimum atomic E-state index is -0.691. The normalized spacial score (nSPS) is 11.7. The van der Waals surface area contributed by atoms with Gasteiger partial charge in [0.2, 0.25) is 5.91 Å². The molecule has 0 aliphatic rings. The third kappa shape index (κ3) is 5.75. The summed E-state index contributed by atoms with van der Waals surface area (Å²) in [4.78, 5) is 24.2. The molecular formula is C13H19N3O2S2. The Morgan fingerprint density at radius 1 is 1.35 bits per heavy atom. The van der Waals surface area contributed by atoms with Crippen molar-refractivity contribution in [3.05, 3.63) is 24.3 Å². The van der Waals surface area contributed by atoms with Crippen LogP contribution in [0.15, 0.2) is 29.2 Å². The molecule has 0 radical (unpaired) electrons. The van der Waals surface area contributed by atoms with Crippen LogP contribution in [0.25, 0.3) is 0 Å². The first kappa shape index (κ1) is 16.7. The summed E-state index contributed by atoms with van der Waals surface area (Å²) < 4.78 is 0. The van der Waals surface area contributed by atoms with E-state index < -0.39 is 12.1 Å². The van der Waals surface area contributed by atoms with E-state index in [2.05, 4.69) is 10.6 Å². The molecule has 4 N–H and O–H groups in total. The number of benzene rings is 1. The number of amides is 3. The average Bonchev–Trinajstić information content (AvgIpc) is 2.43. The highest BCUT2D eigenvalue weighted by Gasteiger charge is 2.19. The number of carbonyl (C=O) groups excluding carboxylic acids is 2. The van der Waals surface area contributed by atoms with Gasteiger partial charge in [-0.15, -0.1) is 11.8 Å². The van der Waals surface area contributed by atoms with Crippen molar-refractivity contribution in [2.24, 2.45) is 5.73 Å². The quantitative estimate of drug-likeness (QED) is 0.673. The number of carbonyl (C=O) groups is 2. The van der Waals surface area contributed by atoms with Crippen LogP contribution in [0.2, 0.25) is 0 Å². The van der Waals surface area contributed by atoms with Gasteiger partial charge in [-0.05, 0) is 42.9 Å². The third-order valence-electron chi connectivity index (χ3n) is 2.58. The van der Waals surface area contributed by atoms with Gasteiger partial charge < -0.3 is 16.4 Å². The maximum absolute atomic E-state index is 12.2. The van der Waals surface area contributed by atoms with Gasteiger partial charge in [-0.25, -0.2) is 4.79 Å². The maximum atomic E-state index is 12.2. The number of hydrogen-bond donors (Lipinski definition) is 3. The van der Waals surface area contributed by atoms with E-state index in [1.165, 1.54) is 0 Å². The summed E-state index contributed by atoms with van der Waals surface area (Å²) in [5.41, 5.74) is 5.81. The molecule has 1 rings (SSSR count). The van der Waals surface area contributed by atoms with Crippen molar-refractivity contribution >= 4 is 41.1 Å². The highest BCUT2D eigenvalue weighted by Crippen LogP contribution is 2.19. The smallest absolute Gasteiger partial charge is 0.312 e. The van der Waals surface area contributed by atoms with Crippen LogP contribution >= 0.6 is 23.5 Å². The van der Waals surface area contributed by atoms with Crippen molar-refractivity contribution in [3.63, 3.8) is 0 Å². The van der Waals surface area contributed by atoms with Gasteiger partial charge in [-0.2, -0.15) is 11.8 Å². The van der Waals surface area contributed by atoms with Crippen LogP contribution in [0.1, 0.15) is 6.42 Å². The number of anilines is 1. The molecule has 3 amide bonds. The first-order valence-corrected chi connectivity index (χ1v) is 8.68. The monoisotopic (exact) mass is 313 g/mol. The Morgan fingerprint density at radius 2 is 2.10 bits per heavy atom. The zero-order valence-corrected chi connectivity index (χ0v) is 13.1. The Balaban J connectivity index is 2.70. The molecule has 110 valence electrons. The van der Waals surface area contributed by atoms with E-state index in [0.29, 0.717) is 12.1 Å². The number of rotatable bonds is 7. The molecule has 7 heteroatoms. The van der Waals surface area contributed by atoms with Crippen molar-refractivity contribution in [2.45, 2.75) is 17.4 Å². The van der Waals surface area contributed by atoms with Crippen LogP contribution in [-0.2, 0) is 4.79 Å². The second kappa shape index (κ2) is 8.76. The van der Waals surface area contributed by atoms with Gasteiger partial charge >= 0.3 is 6.03 Å². The van der Waals surface area contributed by atoms with E-state index in [-0.39, 0.29) is 5.91 Å². The van der Waals surface area contributed by atoms with E-state index in [9.17, 15) is 9.59 Å². The second-order valence-electron chi connectivity index (χ2n) is 4.06. The van der Waals surface area contributed by atoms with E-state index in [4.69, 9.17) is 5.73 Å². The topological polar surface area (TPSA) is 84.2 Å². The van der Waals surface area contributed by atoms with Crippen molar-refractivity contribution in [3.8, 4) is 0 Å². The number of nitrogens with one attached hydrogen (secondary N) is 2. The molecule has 0 aliphatic heterocycles. The fourth-order valence-corrected chi connectivity index (χ4v) is 2.54. The van der Waals surface area contributed by atoms with Gasteiger partial charge in [0.25, 0.3) is 0 Å². The first-order chi connectivity index (χ1) is 9.56. The number of hydrogen-bond acceptors (Lipinski definition) is 4. The van der Waals surface area contributed by atoms with Crippen molar-refractivity contribution in [2.75, 3.05) is 23.6 Å². The Labute approximate surface area is 127 Å². The molecule has 0 aliphatic carbocycles. The van der Waals surface area contributed by atoms with Crippen molar-refractivity contribution < 1.29 is 9.59 Å². The zero-order valence-electron chi connectivity index (χ0n) is 11.5. The summed E-state index contributed by atoms with van der Waals surface area (Å²) in [6.07, 6.45) is 4.45. The lowest BCUT2D eigenvalue weighted by molar-refractivity contribution is -0.117. The Kier molecular flexibility index (Phi) is 7.32. The van der Waals surface area contributed by atoms with Gasteiger partial charge in [0.15, 0.2) is 0 Å². The van der Waals surface area contributed by atoms with E-state index in [1.807, 2.05) is 36.8 Å². The van der Waals surface area contributed by atoms with Crippen LogP contribution < -0.4 is 16.4 Å². The molecule has 0 aromatic heterocycles. The molecule has 1 aromatic rings. The van der Waals surface area contributed by atoms with Gasteiger partial charge in [0.05, 0.1) is 0 Å². The molecule has 1 atom stereocenters. The number of urea groups is 1. The maximum Gasteiger partial charge on any atom is 0.312 e. The number of nitrogens with two attached hydrogens (primary N) is 1.